The molecule has 26 heavy (non-hydrogen) atoms. The van der Waals surface area contributed by atoms with Crippen LogP contribution in [0.2, 0.25) is 0 Å². The number of rotatable bonds is 0. The first-order valence-electron chi connectivity index (χ1n) is 8.95. The van der Waals surface area contributed by atoms with E-state index in [4.69, 9.17) is 0 Å². The van der Waals surface area contributed by atoms with Gasteiger partial charge in [-0.1, -0.05) is 12.1 Å². The SMILES string of the molecule is C/C(O)=C1\C(=O)[C@@H]2[C@H]3C4C(=O)Nc5cccc(c54)C[C@H]3C(C)(C)N2C1=O. The third-order valence-electron chi connectivity index (χ3n) is 6.82. The number of allylic oxidation sites excluding steroid dienone is 1. The molecule has 3 heterocycles. The molecule has 0 radical (unpaired) electrons. The van der Waals surface area contributed by atoms with Crippen LogP contribution in [-0.4, -0.2) is 39.2 Å². The van der Waals surface area contributed by atoms with Gasteiger partial charge in [0.1, 0.15) is 17.4 Å². The number of carbonyl (C=O) groups is 3. The van der Waals surface area contributed by atoms with Gasteiger partial charge in [0.2, 0.25) is 5.91 Å². The number of anilines is 1. The molecule has 2 amide bonds. The summed E-state index contributed by atoms with van der Waals surface area (Å²) in [6, 6.07) is 5.18. The molecule has 0 spiro atoms. The Bertz CT molecular complexity index is 941. The van der Waals surface area contributed by atoms with E-state index in [0.717, 1.165) is 23.2 Å². The van der Waals surface area contributed by atoms with Crippen LogP contribution in [0.4, 0.5) is 5.69 Å². The summed E-state index contributed by atoms with van der Waals surface area (Å²) in [5, 5.41) is 12.8. The largest absolute Gasteiger partial charge is 0.512 e. The number of ketones is 1. The molecule has 3 aliphatic heterocycles. The highest BCUT2D eigenvalue weighted by Crippen LogP contribution is 2.59. The topological polar surface area (TPSA) is 86.7 Å². The van der Waals surface area contributed by atoms with E-state index in [2.05, 4.69) is 5.32 Å². The first-order valence-corrected chi connectivity index (χ1v) is 8.95. The Hall–Kier alpha value is -2.63. The molecule has 0 aromatic heterocycles. The van der Waals surface area contributed by atoms with Gasteiger partial charge in [-0.3, -0.25) is 14.4 Å². The predicted octanol–water partition coefficient (Wildman–Crippen LogP) is 1.91. The van der Waals surface area contributed by atoms with Gasteiger partial charge in [-0.15, -0.1) is 0 Å². The Morgan fingerprint density at radius 1 is 1.27 bits per heavy atom. The van der Waals surface area contributed by atoms with E-state index in [9.17, 15) is 19.5 Å². The van der Waals surface area contributed by atoms with Gasteiger partial charge in [0.05, 0.1) is 5.92 Å². The van der Waals surface area contributed by atoms with Gasteiger partial charge in [0, 0.05) is 17.1 Å². The van der Waals surface area contributed by atoms with Crippen LogP contribution in [0, 0.1) is 11.8 Å². The maximum Gasteiger partial charge on any atom is 0.262 e. The second-order valence-corrected chi connectivity index (χ2v) is 8.33. The summed E-state index contributed by atoms with van der Waals surface area (Å²) in [7, 11) is 0. The number of hydrogen-bond donors (Lipinski definition) is 2. The zero-order valence-corrected chi connectivity index (χ0v) is 14.9. The highest BCUT2D eigenvalue weighted by molar-refractivity contribution is 6.27. The third-order valence-corrected chi connectivity index (χ3v) is 6.82. The van der Waals surface area contributed by atoms with Crippen molar-refractivity contribution < 1.29 is 19.5 Å². The number of aliphatic hydroxyl groups excluding tert-OH is 1. The summed E-state index contributed by atoms with van der Waals surface area (Å²) in [6.45, 7) is 5.30. The highest BCUT2D eigenvalue weighted by atomic mass is 16.3. The molecule has 2 saturated heterocycles. The molecule has 6 heteroatoms. The Morgan fingerprint density at radius 3 is 2.69 bits per heavy atom. The fourth-order valence-electron chi connectivity index (χ4n) is 5.80. The van der Waals surface area contributed by atoms with E-state index in [1.807, 2.05) is 32.0 Å². The van der Waals surface area contributed by atoms with Crippen LogP contribution in [0.15, 0.2) is 29.5 Å². The normalized spacial score (nSPS) is 35.2. The fourth-order valence-corrected chi connectivity index (χ4v) is 5.80. The second kappa shape index (κ2) is 4.55. The number of aliphatic hydroxyl groups is 1. The smallest absolute Gasteiger partial charge is 0.262 e. The van der Waals surface area contributed by atoms with Crippen molar-refractivity contribution in [2.75, 3.05) is 5.32 Å². The van der Waals surface area contributed by atoms with Gasteiger partial charge in [0.25, 0.3) is 5.91 Å². The number of fused-ring (bicyclic) bond motifs is 4. The Morgan fingerprint density at radius 2 is 2.00 bits per heavy atom. The summed E-state index contributed by atoms with van der Waals surface area (Å²) in [4.78, 5) is 40.4. The Balaban J connectivity index is 1.74. The summed E-state index contributed by atoms with van der Waals surface area (Å²) in [5.41, 5.74) is 2.22. The minimum Gasteiger partial charge on any atom is -0.512 e. The van der Waals surface area contributed by atoms with Gasteiger partial charge in [-0.2, -0.15) is 0 Å². The van der Waals surface area contributed by atoms with Gasteiger partial charge < -0.3 is 15.3 Å². The molecule has 1 aromatic rings. The van der Waals surface area contributed by atoms with Crippen molar-refractivity contribution in [3.05, 3.63) is 40.7 Å². The van der Waals surface area contributed by atoms with Crippen molar-refractivity contribution in [2.24, 2.45) is 11.8 Å². The summed E-state index contributed by atoms with van der Waals surface area (Å²) in [6.07, 6.45) is 0.733. The van der Waals surface area contributed by atoms with Crippen LogP contribution >= 0.6 is 0 Å². The zero-order chi connectivity index (χ0) is 18.5. The molecule has 1 aromatic carbocycles. The monoisotopic (exact) mass is 352 g/mol. The van der Waals surface area contributed by atoms with Gasteiger partial charge in [-0.05, 0) is 50.3 Å². The van der Waals surface area contributed by atoms with Crippen molar-refractivity contribution in [2.45, 2.75) is 44.7 Å². The molecule has 5 rings (SSSR count). The van der Waals surface area contributed by atoms with Crippen molar-refractivity contribution in [1.82, 2.24) is 4.90 Å². The molecule has 1 aliphatic carbocycles. The lowest BCUT2D eigenvalue weighted by Crippen LogP contribution is -2.46. The van der Waals surface area contributed by atoms with E-state index >= 15 is 0 Å². The molecule has 1 unspecified atom stereocenters. The lowest BCUT2D eigenvalue weighted by atomic mass is 9.64. The fraction of sp³-hybridized carbons (Fsp3) is 0.450. The highest BCUT2D eigenvalue weighted by Gasteiger charge is 2.67. The van der Waals surface area contributed by atoms with Crippen LogP contribution in [-0.2, 0) is 20.8 Å². The van der Waals surface area contributed by atoms with Crippen molar-refractivity contribution in [1.29, 1.82) is 0 Å². The Kier molecular flexibility index (Phi) is 2.73. The second-order valence-electron chi connectivity index (χ2n) is 8.33. The van der Waals surface area contributed by atoms with E-state index in [0.29, 0.717) is 0 Å². The average Bonchev–Trinajstić information content (AvgIpc) is 3.11. The molecule has 4 aliphatic rings. The van der Waals surface area contributed by atoms with Crippen LogP contribution < -0.4 is 5.32 Å². The molecule has 0 saturated carbocycles. The molecule has 2 N–H and O–H groups in total. The summed E-state index contributed by atoms with van der Waals surface area (Å²) >= 11 is 0. The lowest BCUT2D eigenvalue weighted by Gasteiger charge is -2.39. The maximum atomic E-state index is 13.1. The molecule has 134 valence electrons. The van der Waals surface area contributed by atoms with Crippen LogP contribution in [0.1, 0.15) is 37.8 Å². The van der Waals surface area contributed by atoms with Crippen LogP contribution in [0.3, 0.4) is 0 Å². The first kappa shape index (κ1) is 15.6. The standard InChI is InChI=1S/C20H20N2O4/c1-8(23)12-17(24)16-14-10(20(2,3)22(16)19(12)26)7-9-5-4-6-11-13(9)15(14)18(25)21-11/h4-6,10,14-16,23H,7H2,1-3H3,(H,21,25)/b12-8-/t10-,14-,15?,16+/m1/s1. The lowest BCUT2D eigenvalue weighted by molar-refractivity contribution is -0.131. The summed E-state index contributed by atoms with van der Waals surface area (Å²) < 4.78 is 0. The molecule has 2 fully saturated rings. The maximum absolute atomic E-state index is 13.1. The number of Topliss-reactive ketones (excluding diaryl/α,β-unsaturated/α-hetero) is 1. The molecule has 0 bridgehead atoms. The molecular formula is C20H20N2O4. The molecule has 4 atom stereocenters. The van der Waals surface area contributed by atoms with E-state index in [1.54, 1.807) is 4.90 Å². The Labute approximate surface area is 150 Å². The van der Waals surface area contributed by atoms with Crippen molar-refractivity contribution >= 4 is 23.3 Å². The molecule has 6 nitrogen and oxygen atoms in total. The third kappa shape index (κ3) is 1.56. The number of amides is 2. The number of nitrogens with zero attached hydrogens (tertiary/aromatic N) is 1. The summed E-state index contributed by atoms with van der Waals surface area (Å²) in [5.74, 6) is -1.79. The van der Waals surface area contributed by atoms with Crippen molar-refractivity contribution in [3.8, 4) is 0 Å². The van der Waals surface area contributed by atoms with Gasteiger partial charge in [0.15, 0.2) is 5.78 Å². The number of hydrogen-bond acceptors (Lipinski definition) is 4. The van der Waals surface area contributed by atoms with Gasteiger partial charge in [-0.25, -0.2) is 0 Å². The van der Waals surface area contributed by atoms with E-state index in [-0.39, 0.29) is 34.9 Å². The quantitative estimate of drug-likeness (QED) is 0.424. The van der Waals surface area contributed by atoms with Crippen molar-refractivity contribution in [3.63, 3.8) is 0 Å². The number of carbonyl (C=O) groups excluding carboxylic acids is 3. The first-order chi connectivity index (χ1) is 12.2. The van der Waals surface area contributed by atoms with Crippen LogP contribution in [0.5, 0.6) is 0 Å². The molecular weight excluding hydrogens is 332 g/mol. The van der Waals surface area contributed by atoms with E-state index < -0.39 is 23.4 Å². The van der Waals surface area contributed by atoms with Gasteiger partial charge >= 0.3 is 0 Å². The average molecular weight is 352 g/mol. The predicted molar refractivity (Wildman–Crippen MR) is 93.5 cm³/mol. The minimum atomic E-state index is -0.686. The van der Waals surface area contributed by atoms with E-state index in [1.165, 1.54) is 6.92 Å². The number of benzene rings is 1. The zero-order valence-electron chi connectivity index (χ0n) is 14.9. The van der Waals surface area contributed by atoms with Crippen LogP contribution in [0.25, 0.3) is 0 Å². The number of nitrogens with one attached hydrogen (secondary N) is 1. The minimum absolute atomic E-state index is 0.0116.